The lowest BCUT2D eigenvalue weighted by Crippen LogP contribution is -2.70. The largest absolute Gasteiger partial charge is 0.508 e. The van der Waals surface area contributed by atoms with Crippen molar-refractivity contribution in [1.82, 2.24) is 4.57 Å². The van der Waals surface area contributed by atoms with Gasteiger partial charge in [0.25, 0.3) is 0 Å². The maximum Gasteiger partial charge on any atom is 0.131 e. The molecule has 0 saturated carbocycles. The summed E-state index contributed by atoms with van der Waals surface area (Å²) < 4.78 is 3.39. The smallest absolute Gasteiger partial charge is 0.131 e. The fourth-order valence-corrected chi connectivity index (χ4v) is 6.44. The minimum atomic E-state index is 0.276. The van der Waals surface area contributed by atoms with Crippen molar-refractivity contribution >= 4 is 10.9 Å². The Kier molecular flexibility index (Phi) is 3.03. The van der Waals surface area contributed by atoms with Crippen LogP contribution in [0.2, 0.25) is 0 Å². The molecule has 0 spiro atoms. The molecule has 1 aromatic carbocycles. The van der Waals surface area contributed by atoms with Crippen LogP contribution >= 0.6 is 0 Å². The van der Waals surface area contributed by atoms with Gasteiger partial charge in [-0.2, -0.15) is 0 Å². The number of rotatable bonds is 1. The first kappa shape index (κ1) is 15.5. The first-order valence-corrected chi connectivity index (χ1v) is 9.40. The second kappa shape index (κ2) is 4.89. The third-order valence-electron chi connectivity index (χ3n) is 7.61. The molecule has 5 atom stereocenters. The SMILES string of the molecule is CC=C1C[N+]2(C)C3CC1C(CO)C2Cc1c3n(C)c2ccc(O)cc12. The van der Waals surface area contributed by atoms with Gasteiger partial charge in [0.15, 0.2) is 0 Å². The van der Waals surface area contributed by atoms with E-state index in [0.717, 1.165) is 23.9 Å². The van der Waals surface area contributed by atoms with Crippen LogP contribution in [-0.4, -0.2) is 45.5 Å². The number of aliphatic hydroxyl groups excluding tert-OH is 1. The van der Waals surface area contributed by atoms with Gasteiger partial charge in [0.2, 0.25) is 0 Å². The van der Waals surface area contributed by atoms with E-state index in [0.29, 0.717) is 29.7 Å². The molecule has 4 bridgehead atoms. The molecule has 1 aromatic heterocycles. The van der Waals surface area contributed by atoms with E-state index in [1.54, 1.807) is 6.07 Å². The zero-order chi connectivity index (χ0) is 17.5. The van der Waals surface area contributed by atoms with Gasteiger partial charge in [0.05, 0.1) is 25.4 Å². The molecule has 4 aliphatic heterocycles. The molecule has 132 valence electrons. The van der Waals surface area contributed by atoms with Crippen molar-refractivity contribution in [3.63, 3.8) is 0 Å². The number of phenols is 1. The number of piperidine rings is 3. The van der Waals surface area contributed by atoms with Crippen LogP contribution in [-0.2, 0) is 13.5 Å². The van der Waals surface area contributed by atoms with Crippen molar-refractivity contribution in [2.45, 2.75) is 31.8 Å². The van der Waals surface area contributed by atoms with Crippen molar-refractivity contribution in [3.8, 4) is 5.75 Å². The van der Waals surface area contributed by atoms with Gasteiger partial charge in [0, 0.05) is 42.6 Å². The van der Waals surface area contributed by atoms with E-state index >= 15 is 0 Å². The number of fused-ring (bicyclic) bond motifs is 4. The fourth-order valence-electron chi connectivity index (χ4n) is 6.44. The molecule has 3 saturated heterocycles. The van der Waals surface area contributed by atoms with Gasteiger partial charge >= 0.3 is 0 Å². The molecule has 3 fully saturated rings. The van der Waals surface area contributed by atoms with Crippen LogP contribution in [0, 0.1) is 11.8 Å². The molecule has 2 N–H and O–H groups in total. The Morgan fingerprint density at radius 2 is 2.16 bits per heavy atom. The number of allylic oxidation sites excluding steroid dienone is 1. The number of nitrogens with zero attached hydrogens (tertiary/aromatic N) is 2. The topological polar surface area (TPSA) is 45.4 Å². The molecule has 6 rings (SSSR count). The van der Waals surface area contributed by atoms with Crippen molar-refractivity contribution < 1.29 is 14.7 Å². The van der Waals surface area contributed by atoms with Crippen LogP contribution in [0.4, 0.5) is 0 Å². The minimum Gasteiger partial charge on any atom is -0.508 e. The Morgan fingerprint density at radius 3 is 2.88 bits per heavy atom. The summed E-state index contributed by atoms with van der Waals surface area (Å²) in [6, 6.07) is 6.72. The zero-order valence-electron chi connectivity index (χ0n) is 15.2. The number of likely N-dealkylation sites (N-methyl/N-ethyl adjacent to an activating group) is 1. The first-order valence-electron chi connectivity index (χ1n) is 9.40. The maximum absolute atomic E-state index is 10.2. The predicted octanol–water partition coefficient (Wildman–Crippen LogP) is 2.88. The number of hydrogen-bond donors (Lipinski definition) is 2. The average Bonchev–Trinajstić information content (AvgIpc) is 2.85. The summed E-state index contributed by atoms with van der Waals surface area (Å²) in [5, 5.41) is 21.4. The number of phenolic OH excluding ortho intramolecular Hbond substituents is 1. The highest BCUT2D eigenvalue weighted by Gasteiger charge is 2.61. The molecule has 5 heterocycles. The quantitative estimate of drug-likeness (QED) is 0.620. The van der Waals surface area contributed by atoms with Crippen molar-refractivity contribution in [2.24, 2.45) is 18.9 Å². The van der Waals surface area contributed by atoms with E-state index in [2.05, 4.69) is 31.7 Å². The normalized spacial score (nSPS) is 37.7. The van der Waals surface area contributed by atoms with E-state index in [-0.39, 0.29) is 6.61 Å². The van der Waals surface area contributed by atoms with Gasteiger partial charge in [-0.15, -0.1) is 0 Å². The lowest BCUT2D eigenvalue weighted by atomic mass is 9.62. The molecule has 0 radical (unpaired) electrons. The fraction of sp³-hybridized carbons (Fsp3) is 0.524. The summed E-state index contributed by atoms with van der Waals surface area (Å²) in [5.41, 5.74) is 5.61. The highest BCUT2D eigenvalue weighted by Crippen LogP contribution is 2.58. The molecule has 25 heavy (non-hydrogen) atoms. The molecule has 0 amide bonds. The van der Waals surface area contributed by atoms with Gasteiger partial charge in [-0.3, -0.25) is 0 Å². The number of hydrogen-bond acceptors (Lipinski definition) is 2. The van der Waals surface area contributed by atoms with Gasteiger partial charge in [-0.1, -0.05) is 6.08 Å². The summed E-state index contributed by atoms with van der Waals surface area (Å²) in [6.07, 6.45) is 4.42. The van der Waals surface area contributed by atoms with Gasteiger partial charge in [0.1, 0.15) is 18.3 Å². The van der Waals surface area contributed by atoms with E-state index in [1.165, 1.54) is 27.7 Å². The van der Waals surface area contributed by atoms with E-state index in [9.17, 15) is 10.2 Å². The van der Waals surface area contributed by atoms with Crippen LogP contribution in [0.3, 0.4) is 0 Å². The lowest BCUT2D eigenvalue weighted by molar-refractivity contribution is -0.978. The Hall–Kier alpha value is -1.78. The molecule has 4 nitrogen and oxygen atoms in total. The molecule has 4 heteroatoms. The van der Waals surface area contributed by atoms with Crippen LogP contribution in [0.5, 0.6) is 5.75 Å². The third kappa shape index (κ3) is 1.74. The summed E-state index contributed by atoms with van der Waals surface area (Å²) in [6.45, 7) is 3.54. The summed E-state index contributed by atoms with van der Waals surface area (Å²) >= 11 is 0. The van der Waals surface area contributed by atoms with Crippen LogP contribution < -0.4 is 0 Å². The molecule has 5 unspecified atom stereocenters. The standard InChI is InChI=1S/C21H26N2O2/c1-4-12-10-23(3)19-9-16-15-7-13(25)5-6-18(15)22(2)21(16)20(23)8-14(12)17(19)11-24/h4-7,14,17,19-20,24H,8-11H2,1-3H3/p+1. The summed E-state index contributed by atoms with van der Waals surface area (Å²) in [7, 11) is 4.57. The highest BCUT2D eigenvalue weighted by atomic mass is 16.3. The van der Waals surface area contributed by atoms with E-state index < -0.39 is 0 Å². The van der Waals surface area contributed by atoms with Crippen molar-refractivity contribution in [2.75, 3.05) is 20.2 Å². The monoisotopic (exact) mass is 339 g/mol. The van der Waals surface area contributed by atoms with Crippen molar-refractivity contribution in [3.05, 3.63) is 41.1 Å². The molecular formula is C21H27N2O2+. The highest BCUT2D eigenvalue weighted by molar-refractivity contribution is 5.87. The number of aromatic hydroxyl groups is 1. The van der Waals surface area contributed by atoms with E-state index in [1.807, 2.05) is 12.1 Å². The summed E-state index contributed by atoms with van der Waals surface area (Å²) in [5.74, 6) is 1.21. The Bertz CT molecular complexity index is 912. The zero-order valence-corrected chi connectivity index (χ0v) is 15.2. The number of aromatic nitrogens is 1. The number of aliphatic hydroxyl groups is 1. The molecular weight excluding hydrogens is 312 g/mol. The van der Waals surface area contributed by atoms with Gasteiger partial charge in [-0.25, -0.2) is 0 Å². The molecule has 2 aromatic rings. The molecule has 4 aliphatic rings. The number of aryl methyl sites for hydroxylation is 1. The average molecular weight is 339 g/mol. The number of quaternary nitrogens is 1. The minimum absolute atomic E-state index is 0.276. The van der Waals surface area contributed by atoms with Crippen LogP contribution in [0.1, 0.15) is 30.6 Å². The third-order valence-corrected chi connectivity index (χ3v) is 7.61. The second-order valence-electron chi connectivity index (χ2n) is 8.47. The second-order valence-corrected chi connectivity index (χ2v) is 8.47. The lowest BCUT2D eigenvalue weighted by Gasteiger charge is -2.63. The first-order chi connectivity index (χ1) is 12.0. The summed E-state index contributed by atoms with van der Waals surface area (Å²) in [4.78, 5) is 0. The van der Waals surface area contributed by atoms with E-state index in [4.69, 9.17) is 0 Å². The Balaban J connectivity index is 1.77. The maximum atomic E-state index is 10.2. The van der Waals surface area contributed by atoms with Crippen LogP contribution in [0.25, 0.3) is 10.9 Å². The molecule has 0 aliphatic carbocycles. The predicted molar refractivity (Wildman–Crippen MR) is 98.3 cm³/mol. The van der Waals surface area contributed by atoms with Crippen molar-refractivity contribution in [1.29, 1.82) is 0 Å². The van der Waals surface area contributed by atoms with Gasteiger partial charge < -0.3 is 19.3 Å². The van der Waals surface area contributed by atoms with Gasteiger partial charge in [-0.05, 0) is 36.3 Å². The Morgan fingerprint density at radius 1 is 1.36 bits per heavy atom. The van der Waals surface area contributed by atoms with Crippen LogP contribution in [0.15, 0.2) is 29.8 Å². The number of benzene rings is 1. The Labute approximate surface area is 148 Å².